The molecule has 0 unspecified atom stereocenters. The maximum Gasteiger partial charge on any atom is 0.333 e. The van der Waals surface area contributed by atoms with Crippen molar-refractivity contribution in [3.63, 3.8) is 0 Å². The maximum atomic E-state index is 11.7. The summed E-state index contributed by atoms with van der Waals surface area (Å²) in [5.74, 6) is -0.452. The van der Waals surface area contributed by atoms with Crippen LogP contribution in [0.15, 0.2) is 11.6 Å². The van der Waals surface area contributed by atoms with E-state index in [1.54, 1.807) is 13.0 Å². The predicted molar refractivity (Wildman–Crippen MR) is 70.6 cm³/mol. The molecule has 0 aliphatic heterocycles. The molecule has 0 aromatic heterocycles. The van der Waals surface area contributed by atoms with Crippen LogP contribution in [0, 0.1) is 0 Å². The predicted octanol–water partition coefficient (Wildman–Crippen LogP) is 1.18. The van der Waals surface area contributed by atoms with Gasteiger partial charge in [-0.05, 0) is 25.8 Å². The van der Waals surface area contributed by atoms with E-state index in [0.717, 1.165) is 12.8 Å². The number of hydrogen-bond acceptors (Lipinski definition) is 5. The van der Waals surface area contributed by atoms with Crippen LogP contribution < -0.4 is 0 Å². The lowest BCUT2D eigenvalue weighted by molar-refractivity contribution is -0.141. The molecule has 110 valence electrons. The van der Waals surface area contributed by atoms with Crippen molar-refractivity contribution >= 4 is 5.97 Å². The molecule has 0 saturated carbocycles. The minimum atomic E-state index is -1.00. The van der Waals surface area contributed by atoms with Gasteiger partial charge in [-0.2, -0.15) is 0 Å². The summed E-state index contributed by atoms with van der Waals surface area (Å²) in [5.41, 5.74) is 0.371. The van der Waals surface area contributed by atoms with Crippen molar-refractivity contribution in [3.05, 3.63) is 11.6 Å². The molecular weight excluding hydrogens is 248 g/mol. The fraction of sp³-hybridized carbons (Fsp3) is 0.786. The second-order valence-corrected chi connectivity index (χ2v) is 4.71. The lowest BCUT2D eigenvalue weighted by Gasteiger charge is -2.32. The van der Waals surface area contributed by atoms with Gasteiger partial charge in [0.05, 0.1) is 18.8 Å². The van der Waals surface area contributed by atoms with Crippen LogP contribution in [0.4, 0.5) is 0 Å². The van der Waals surface area contributed by atoms with Crippen molar-refractivity contribution in [1.29, 1.82) is 0 Å². The largest absolute Gasteiger partial charge is 0.463 e. The highest BCUT2D eigenvalue weighted by Crippen LogP contribution is 2.24. The Labute approximate surface area is 114 Å². The summed E-state index contributed by atoms with van der Waals surface area (Å²) < 4.78 is 10.7. The van der Waals surface area contributed by atoms with Crippen molar-refractivity contribution in [2.75, 3.05) is 6.61 Å². The van der Waals surface area contributed by atoms with E-state index in [1.807, 2.05) is 13.8 Å². The summed E-state index contributed by atoms with van der Waals surface area (Å²) in [6.07, 6.45) is 0.660. The number of carbonyl (C=O) groups is 1. The van der Waals surface area contributed by atoms with Crippen LogP contribution >= 0.6 is 0 Å². The maximum absolute atomic E-state index is 11.7. The van der Waals surface area contributed by atoms with Crippen LogP contribution in [0.3, 0.4) is 0 Å². The van der Waals surface area contributed by atoms with Crippen LogP contribution in [0.5, 0.6) is 0 Å². The van der Waals surface area contributed by atoms with Crippen LogP contribution in [0.25, 0.3) is 0 Å². The second kappa shape index (κ2) is 7.62. The van der Waals surface area contributed by atoms with Crippen molar-refractivity contribution in [2.45, 2.75) is 64.4 Å². The number of hydrogen-bond donors (Lipinski definition) is 2. The molecule has 0 aromatic rings. The van der Waals surface area contributed by atoms with Crippen LogP contribution in [0.1, 0.15) is 40.0 Å². The molecule has 0 radical (unpaired) electrons. The summed E-state index contributed by atoms with van der Waals surface area (Å²) in [6.45, 7) is 6.00. The molecule has 0 saturated heterocycles. The average molecular weight is 272 g/mol. The molecule has 0 spiro atoms. The van der Waals surface area contributed by atoms with Gasteiger partial charge in [0, 0.05) is 12.0 Å². The Hall–Kier alpha value is -0.910. The minimum Gasteiger partial charge on any atom is -0.463 e. The van der Waals surface area contributed by atoms with E-state index < -0.39 is 24.3 Å². The van der Waals surface area contributed by atoms with Gasteiger partial charge in [-0.1, -0.05) is 13.8 Å². The molecule has 0 fully saturated rings. The molecule has 0 aromatic carbocycles. The van der Waals surface area contributed by atoms with Gasteiger partial charge in [-0.3, -0.25) is 0 Å². The zero-order chi connectivity index (χ0) is 14.4. The molecule has 5 nitrogen and oxygen atoms in total. The molecule has 0 heterocycles. The summed E-state index contributed by atoms with van der Waals surface area (Å²) in [5, 5.41) is 19.8. The second-order valence-electron chi connectivity index (χ2n) is 4.71. The normalized spacial score (nSPS) is 27.3. The van der Waals surface area contributed by atoms with Gasteiger partial charge in [-0.15, -0.1) is 0 Å². The van der Waals surface area contributed by atoms with E-state index in [9.17, 15) is 15.0 Å². The highest BCUT2D eigenvalue weighted by molar-refractivity contribution is 5.88. The van der Waals surface area contributed by atoms with E-state index in [-0.39, 0.29) is 19.1 Å². The average Bonchev–Trinajstić information content (AvgIpc) is 2.40. The molecule has 5 heteroatoms. The number of aliphatic hydroxyl groups excluding tert-OH is 2. The van der Waals surface area contributed by atoms with Crippen molar-refractivity contribution in [1.82, 2.24) is 0 Å². The number of ether oxygens (including phenoxy) is 2. The van der Waals surface area contributed by atoms with Crippen LogP contribution in [-0.4, -0.2) is 47.2 Å². The molecule has 2 N–H and O–H groups in total. The third kappa shape index (κ3) is 4.30. The monoisotopic (exact) mass is 272 g/mol. The third-order valence-corrected chi connectivity index (χ3v) is 3.32. The van der Waals surface area contributed by atoms with E-state index >= 15 is 0 Å². The van der Waals surface area contributed by atoms with Gasteiger partial charge in [0.15, 0.2) is 0 Å². The first kappa shape index (κ1) is 16.1. The van der Waals surface area contributed by atoms with Crippen LogP contribution in [-0.2, 0) is 14.3 Å². The van der Waals surface area contributed by atoms with E-state index in [1.165, 1.54) is 0 Å². The minimum absolute atomic E-state index is 0.00430. The fourth-order valence-electron chi connectivity index (χ4n) is 2.13. The smallest absolute Gasteiger partial charge is 0.333 e. The summed E-state index contributed by atoms with van der Waals surface area (Å²) >= 11 is 0. The fourth-order valence-corrected chi connectivity index (χ4v) is 2.13. The van der Waals surface area contributed by atoms with E-state index in [4.69, 9.17) is 9.47 Å². The Kier molecular flexibility index (Phi) is 6.48. The van der Waals surface area contributed by atoms with E-state index in [0.29, 0.717) is 5.57 Å². The van der Waals surface area contributed by atoms with Crippen molar-refractivity contribution in [2.24, 2.45) is 0 Å². The first-order chi connectivity index (χ1) is 9.03. The molecular formula is C14H24O5. The third-order valence-electron chi connectivity index (χ3n) is 3.32. The van der Waals surface area contributed by atoms with Gasteiger partial charge in [0.25, 0.3) is 0 Å². The molecule has 0 bridgehead atoms. The number of esters is 1. The first-order valence-electron chi connectivity index (χ1n) is 6.92. The summed E-state index contributed by atoms with van der Waals surface area (Å²) in [7, 11) is 0. The summed E-state index contributed by atoms with van der Waals surface area (Å²) in [6, 6.07) is 0. The molecule has 1 rings (SSSR count). The van der Waals surface area contributed by atoms with Gasteiger partial charge < -0.3 is 19.7 Å². The Morgan fingerprint density at radius 2 is 2.00 bits per heavy atom. The van der Waals surface area contributed by atoms with Gasteiger partial charge in [0.1, 0.15) is 12.2 Å². The Balaban J connectivity index is 2.81. The Bertz CT molecular complexity index is 322. The standard InChI is InChI=1S/C14H24O5/c1-4-10(5-2)19-12-8-9(14(17)18-6-3)7-11(15)13(12)16/h8,10-13,15-16H,4-7H2,1-3H3/t11-,12-,13-/m1/s1. The SMILES string of the molecule is CCOC(=O)C1=C[C@@H](OC(CC)CC)[C@H](O)[C@H](O)C1. The molecule has 0 amide bonds. The van der Waals surface area contributed by atoms with E-state index in [2.05, 4.69) is 0 Å². The van der Waals surface area contributed by atoms with Gasteiger partial charge >= 0.3 is 5.97 Å². The Morgan fingerprint density at radius 3 is 2.53 bits per heavy atom. The lowest BCUT2D eigenvalue weighted by Crippen LogP contribution is -2.44. The molecule has 1 aliphatic carbocycles. The van der Waals surface area contributed by atoms with Gasteiger partial charge in [0.2, 0.25) is 0 Å². The highest BCUT2D eigenvalue weighted by Gasteiger charge is 2.34. The number of rotatable bonds is 6. The molecule has 1 aliphatic rings. The van der Waals surface area contributed by atoms with Gasteiger partial charge in [-0.25, -0.2) is 4.79 Å². The highest BCUT2D eigenvalue weighted by atomic mass is 16.5. The van der Waals surface area contributed by atoms with Crippen LogP contribution in [0.2, 0.25) is 0 Å². The Morgan fingerprint density at radius 1 is 1.37 bits per heavy atom. The molecule has 19 heavy (non-hydrogen) atoms. The number of carbonyl (C=O) groups excluding carboxylic acids is 1. The quantitative estimate of drug-likeness (QED) is 0.710. The van der Waals surface area contributed by atoms with Crippen molar-refractivity contribution < 1.29 is 24.5 Å². The topological polar surface area (TPSA) is 76.0 Å². The lowest BCUT2D eigenvalue weighted by atomic mass is 9.92. The summed E-state index contributed by atoms with van der Waals surface area (Å²) in [4.78, 5) is 11.7. The number of aliphatic hydroxyl groups is 2. The zero-order valence-corrected chi connectivity index (χ0v) is 11.8. The zero-order valence-electron chi connectivity index (χ0n) is 11.8. The van der Waals surface area contributed by atoms with Crippen molar-refractivity contribution in [3.8, 4) is 0 Å². The first-order valence-corrected chi connectivity index (χ1v) is 6.92. The molecule has 3 atom stereocenters.